The molecule has 0 fully saturated rings. The number of hydrogen-bond donors (Lipinski definition) is 2. The SMILES string of the molecule is CNc1ccc(S(=O)(=O)NCC(=O)OCC(=O)c2ccc(OC)c(F)c2)cc1[N+](=O)[O-]. The molecule has 2 aromatic rings. The molecular formula is C18H18FN3O8S. The molecule has 0 heterocycles. The number of nitrogens with one attached hydrogen (secondary N) is 2. The van der Waals surface area contributed by atoms with Gasteiger partial charge in [0, 0.05) is 18.7 Å². The van der Waals surface area contributed by atoms with Gasteiger partial charge in [0.05, 0.1) is 16.9 Å². The Morgan fingerprint density at radius 2 is 1.90 bits per heavy atom. The second-order valence-corrected chi connectivity index (χ2v) is 7.71. The number of Topliss-reactive ketones (excluding diaryl/α,β-unsaturated/α-hetero) is 1. The summed E-state index contributed by atoms with van der Waals surface area (Å²) in [5.41, 5.74) is -0.425. The van der Waals surface area contributed by atoms with E-state index in [9.17, 15) is 32.5 Å². The van der Waals surface area contributed by atoms with Crippen molar-refractivity contribution < 1.29 is 36.8 Å². The number of anilines is 1. The molecule has 0 amide bonds. The molecule has 13 heteroatoms. The van der Waals surface area contributed by atoms with Gasteiger partial charge in [-0.2, -0.15) is 4.72 Å². The highest BCUT2D eigenvalue weighted by atomic mass is 32.2. The van der Waals surface area contributed by atoms with Crippen molar-refractivity contribution in [1.82, 2.24) is 4.72 Å². The first-order valence-electron chi connectivity index (χ1n) is 8.57. The molecule has 0 atom stereocenters. The maximum Gasteiger partial charge on any atom is 0.321 e. The van der Waals surface area contributed by atoms with Crippen molar-refractivity contribution in [2.24, 2.45) is 0 Å². The first-order chi connectivity index (χ1) is 14.6. The Balaban J connectivity index is 1.97. The van der Waals surface area contributed by atoms with Crippen LogP contribution in [0.3, 0.4) is 0 Å². The van der Waals surface area contributed by atoms with Crippen molar-refractivity contribution in [2.45, 2.75) is 4.90 Å². The summed E-state index contributed by atoms with van der Waals surface area (Å²) >= 11 is 0. The van der Waals surface area contributed by atoms with Gasteiger partial charge in [-0.25, -0.2) is 12.8 Å². The number of methoxy groups -OCH3 is 1. The summed E-state index contributed by atoms with van der Waals surface area (Å²) in [6, 6.07) is 6.59. The number of sulfonamides is 1. The van der Waals surface area contributed by atoms with Crippen molar-refractivity contribution >= 4 is 33.2 Å². The average molecular weight is 455 g/mol. The van der Waals surface area contributed by atoms with Crippen LogP contribution in [0.5, 0.6) is 5.75 Å². The van der Waals surface area contributed by atoms with Gasteiger partial charge in [-0.05, 0) is 30.3 Å². The molecular weight excluding hydrogens is 437 g/mol. The third-order valence-corrected chi connectivity index (χ3v) is 5.39. The standard InChI is InChI=1S/C18H18FN3O8S/c1-20-14-5-4-12(8-15(14)22(25)26)31(27,28)21-9-18(24)30-10-16(23)11-3-6-17(29-2)13(19)7-11/h3-8,20-21H,9-10H2,1-2H3. The maximum absolute atomic E-state index is 13.6. The number of nitrogens with zero attached hydrogens (tertiary/aromatic N) is 1. The minimum absolute atomic E-state index is 0.0639. The summed E-state index contributed by atoms with van der Waals surface area (Å²) < 4.78 is 49.6. The van der Waals surface area contributed by atoms with E-state index in [2.05, 4.69) is 5.32 Å². The van der Waals surface area contributed by atoms with Crippen LogP contribution in [0, 0.1) is 15.9 Å². The molecule has 2 aromatic carbocycles. The fraction of sp³-hybridized carbons (Fsp3) is 0.222. The summed E-state index contributed by atoms with van der Waals surface area (Å²) in [7, 11) is -1.58. The number of halogens is 1. The molecule has 0 unspecified atom stereocenters. The number of ether oxygens (including phenoxy) is 2. The topological polar surface area (TPSA) is 154 Å². The van der Waals surface area contributed by atoms with Gasteiger partial charge in [0.15, 0.2) is 24.0 Å². The van der Waals surface area contributed by atoms with E-state index >= 15 is 0 Å². The Morgan fingerprint density at radius 3 is 2.48 bits per heavy atom. The van der Waals surface area contributed by atoms with Crippen LogP contribution >= 0.6 is 0 Å². The summed E-state index contributed by atoms with van der Waals surface area (Å²) in [5, 5.41) is 13.6. The minimum atomic E-state index is -4.27. The van der Waals surface area contributed by atoms with Crippen molar-refractivity contribution in [2.75, 3.05) is 32.6 Å². The first kappa shape index (κ1) is 23.7. The Morgan fingerprint density at radius 1 is 1.19 bits per heavy atom. The van der Waals surface area contributed by atoms with Gasteiger partial charge in [-0.3, -0.25) is 19.7 Å². The molecule has 31 heavy (non-hydrogen) atoms. The second-order valence-electron chi connectivity index (χ2n) is 5.94. The van der Waals surface area contributed by atoms with Gasteiger partial charge in [0.2, 0.25) is 10.0 Å². The predicted octanol–water partition coefficient (Wildman–Crippen LogP) is 1.49. The van der Waals surface area contributed by atoms with Gasteiger partial charge in [-0.1, -0.05) is 0 Å². The molecule has 0 saturated heterocycles. The molecule has 0 bridgehead atoms. The monoisotopic (exact) mass is 455 g/mol. The quantitative estimate of drug-likeness (QED) is 0.235. The van der Waals surface area contributed by atoms with Gasteiger partial charge in [0.25, 0.3) is 5.69 Å². The highest BCUT2D eigenvalue weighted by Gasteiger charge is 2.22. The molecule has 2 rings (SSSR count). The van der Waals surface area contributed by atoms with E-state index in [0.717, 1.165) is 18.2 Å². The average Bonchev–Trinajstić information content (AvgIpc) is 2.75. The first-order valence-corrected chi connectivity index (χ1v) is 10.1. The molecule has 0 radical (unpaired) electrons. The number of nitro groups is 1. The Kier molecular flexibility index (Phi) is 7.61. The smallest absolute Gasteiger partial charge is 0.321 e. The fourth-order valence-electron chi connectivity index (χ4n) is 2.40. The van der Waals surface area contributed by atoms with Crippen LogP contribution in [0.25, 0.3) is 0 Å². The third kappa shape index (κ3) is 5.96. The number of carbonyl (C=O) groups is 2. The highest BCUT2D eigenvalue weighted by Crippen LogP contribution is 2.27. The zero-order valence-corrected chi connectivity index (χ0v) is 17.2. The largest absolute Gasteiger partial charge is 0.494 e. The molecule has 11 nitrogen and oxygen atoms in total. The van der Waals surface area contributed by atoms with Gasteiger partial charge < -0.3 is 14.8 Å². The predicted molar refractivity (Wildman–Crippen MR) is 106 cm³/mol. The molecule has 0 aliphatic heterocycles. The van der Waals surface area contributed by atoms with Crippen LogP contribution < -0.4 is 14.8 Å². The molecule has 2 N–H and O–H groups in total. The van der Waals surface area contributed by atoms with Crippen LogP contribution in [0.4, 0.5) is 15.8 Å². The van der Waals surface area contributed by atoms with Crippen molar-refractivity contribution in [3.05, 3.63) is 57.9 Å². The third-order valence-electron chi connectivity index (χ3n) is 3.99. The summed E-state index contributed by atoms with van der Waals surface area (Å²) in [6.07, 6.45) is 0. The number of rotatable bonds is 10. The number of carbonyl (C=O) groups excluding carboxylic acids is 2. The van der Waals surface area contributed by atoms with Crippen molar-refractivity contribution in [3.8, 4) is 5.75 Å². The van der Waals surface area contributed by atoms with E-state index in [0.29, 0.717) is 0 Å². The maximum atomic E-state index is 13.6. The second kappa shape index (κ2) is 9.95. The van der Waals surface area contributed by atoms with Crippen LogP contribution in [-0.4, -0.2) is 52.4 Å². The number of nitro benzene ring substituents is 1. The Hall–Kier alpha value is -3.58. The van der Waals surface area contributed by atoms with Gasteiger partial charge >= 0.3 is 5.97 Å². The number of esters is 1. The number of ketones is 1. The Bertz CT molecular complexity index is 1120. The molecule has 0 aliphatic carbocycles. The zero-order valence-electron chi connectivity index (χ0n) is 16.4. The van der Waals surface area contributed by atoms with Crippen LogP contribution in [0.15, 0.2) is 41.3 Å². The minimum Gasteiger partial charge on any atom is -0.494 e. The van der Waals surface area contributed by atoms with E-state index in [-0.39, 0.29) is 17.0 Å². The summed E-state index contributed by atoms with van der Waals surface area (Å²) in [4.78, 5) is 33.6. The lowest BCUT2D eigenvalue weighted by atomic mass is 10.1. The lowest BCUT2D eigenvalue weighted by molar-refractivity contribution is -0.384. The van der Waals surface area contributed by atoms with E-state index in [1.807, 2.05) is 4.72 Å². The van der Waals surface area contributed by atoms with E-state index in [4.69, 9.17) is 9.47 Å². The molecule has 0 saturated carbocycles. The molecule has 0 aromatic heterocycles. The van der Waals surface area contributed by atoms with Crippen molar-refractivity contribution in [3.63, 3.8) is 0 Å². The van der Waals surface area contributed by atoms with E-state index in [1.54, 1.807) is 0 Å². The Labute approximate surface area is 176 Å². The molecule has 166 valence electrons. The summed E-state index contributed by atoms with van der Waals surface area (Å²) in [5.74, 6) is -2.62. The lowest BCUT2D eigenvalue weighted by Crippen LogP contribution is -2.31. The normalized spacial score (nSPS) is 10.9. The number of hydrogen-bond acceptors (Lipinski definition) is 9. The van der Waals surface area contributed by atoms with E-state index in [1.165, 1.54) is 32.4 Å². The van der Waals surface area contributed by atoms with Crippen LogP contribution in [0.1, 0.15) is 10.4 Å². The fourth-order valence-corrected chi connectivity index (χ4v) is 3.39. The van der Waals surface area contributed by atoms with Gasteiger partial charge in [-0.15, -0.1) is 0 Å². The zero-order chi connectivity index (χ0) is 23.2. The van der Waals surface area contributed by atoms with E-state index < -0.39 is 56.3 Å². The van der Waals surface area contributed by atoms with Crippen molar-refractivity contribution in [1.29, 1.82) is 0 Å². The van der Waals surface area contributed by atoms with Gasteiger partial charge in [0.1, 0.15) is 12.2 Å². The van der Waals surface area contributed by atoms with Crippen LogP contribution in [-0.2, 0) is 19.6 Å². The number of benzene rings is 2. The highest BCUT2D eigenvalue weighted by molar-refractivity contribution is 7.89. The molecule has 0 aliphatic rings. The van der Waals surface area contributed by atoms with Crippen LogP contribution in [0.2, 0.25) is 0 Å². The summed E-state index contributed by atoms with van der Waals surface area (Å²) in [6.45, 7) is -1.57. The molecule has 0 spiro atoms. The lowest BCUT2D eigenvalue weighted by Gasteiger charge is -2.09.